The van der Waals surface area contributed by atoms with Crippen LogP contribution in [0.3, 0.4) is 0 Å². The van der Waals surface area contributed by atoms with Crippen LogP contribution in [0.5, 0.6) is 5.75 Å². The van der Waals surface area contributed by atoms with Crippen LogP contribution in [0.4, 0.5) is 5.88 Å². The number of hydrogen-bond donors (Lipinski definition) is 1. The van der Waals surface area contributed by atoms with Crippen molar-refractivity contribution in [2.75, 3.05) is 12.8 Å². The van der Waals surface area contributed by atoms with Gasteiger partial charge in [-0.1, -0.05) is 16.8 Å². The Morgan fingerprint density at radius 2 is 2.12 bits per heavy atom. The van der Waals surface area contributed by atoms with E-state index in [0.29, 0.717) is 10.8 Å². The molecule has 5 heteroatoms. The van der Waals surface area contributed by atoms with E-state index in [0.717, 1.165) is 16.7 Å². The predicted molar refractivity (Wildman–Crippen MR) is 62.7 cm³/mol. The van der Waals surface area contributed by atoms with Crippen molar-refractivity contribution in [1.29, 1.82) is 0 Å². The van der Waals surface area contributed by atoms with Gasteiger partial charge in [-0.2, -0.15) is 0 Å². The highest BCUT2D eigenvalue weighted by Crippen LogP contribution is 2.35. The van der Waals surface area contributed by atoms with Crippen molar-refractivity contribution in [2.45, 2.75) is 6.92 Å². The minimum Gasteiger partial charge on any atom is -0.495 e. The molecule has 2 aromatic rings. The maximum absolute atomic E-state index is 6.05. The molecule has 0 unspecified atom stereocenters. The second-order valence-electron chi connectivity index (χ2n) is 3.41. The van der Waals surface area contributed by atoms with Crippen LogP contribution in [0.2, 0.25) is 5.02 Å². The molecule has 0 spiro atoms. The van der Waals surface area contributed by atoms with Crippen LogP contribution in [0, 0.1) is 6.92 Å². The molecule has 1 aromatic heterocycles. The minimum atomic E-state index is 0.282. The Morgan fingerprint density at radius 1 is 1.38 bits per heavy atom. The Labute approximate surface area is 97.9 Å². The average molecular weight is 239 g/mol. The number of benzene rings is 1. The fourth-order valence-corrected chi connectivity index (χ4v) is 1.79. The monoisotopic (exact) mass is 238 g/mol. The van der Waals surface area contributed by atoms with Crippen molar-refractivity contribution in [3.8, 4) is 16.9 Å². The number of nitrogens with zero attached hydrogens (tertiary/aromatic N) is 1. The van der Waals surface area contributed by atoms with E-state index >= 15 is 0 Å². The van der Waals surface area contributed by atoms with Gasteiger partial charge in [0.2, 0.25) is 5.88 Å². The van der Waals surface area contributed by atoms with Gasteiger partial charge in [0.05, 0.1) is 23.9 Å². The molecule has 0 saturated heterocycles. The van der Waals surface area contributed by atoms with Crippen LogP contribution < -0.4 is 10.5 Å². The van der Waals surface area contributed by atoms with Gasteiger partial charge in [-0.3, -0.25) is 0 Å². The van der Waals surface area contributed by atoms with E-state index in [1.807, 2.05) is 13.0 Å². The summed E-state index contributed by atoms with van der Waals surface area (Å²) in [5, 5.41) is 4.17. The number of aryl methyl sites for hydroxylation is 1. The third-order valence-electron chi connectivity index (χ3n) is 2.39. The van der Waals surface area contributed by atoms with Crippen LogP contribution in [0.25, 0.3) is 11.1 Å². The van der Waals surface area contributed by atoms with Crippen LogP contribution in [-0.2, 0) is 0 Å². The van der Waals surface area contributed by atoms with Gasteiger partial charge in [-0.05, 0) is 30.2 Å². The lowest BCUT2D eigenvalue weighted by Gasteiger charge is -2.08. The van der Waals surface area contributed by atoms with E-state index in [1.54, 1.807) is 19.4 Å². The lowest BCUT2D eigenvalue weighted by atomic mass is 10.0. The summed E-state index contributed by atoms with van der Waals surface area (Å²) < 4.78 is 9.95. The second kappa shape index (κ2) is 4.06. The second-order valence-corrected chi connectivity index (χ2v) is 3.81. The van der Waals surface area contributed by atoms with E-state index in [1.165, 1.54) is 0 Å². The van der Waals surface area contributed by atoms with Crippen LogP contribution in [-0.4, -0.2) is 12.3 Å². The van der Waals surface area contributed by atoms with Crippen molar-refractivity contribution in [3.05, 3.63) is 28.9 Å². The number of methoxy groups -OCH3 is 1. The number of rotatable bonds is 2. The molecule has 16 heavy (non-hydrogen) atoms. The fraction of sp³-hybridized carbons (Fsp3) is 0.182. The first-order chi connectivity index (χ1) is 7.63. The topological polar surface area (TPSA) is 61.3 Å². The molecule has 2 rings (SSSR count). The third kappa shape index (κ3) is 1.72. The first kappa shape index (κ1) is 10.8. The van der Waals surface area contributed by atoms with E-state index < -0.39 is 0 Å². The van der Waals surface area contributed by atoms with Gasteiger partial charge in [0.1, 0.15) is 5.75 Å². The highest BCUT2D eigenvalue weighted by Gasteiger charge is 2.12. The summed E-state index contributed by atoms with van der Waals surface area (Å²) in [5.41, 5.74) is 8.29. The summed E-state index contributed by atoms with van der Waals surface area (Å²) in [4.78, 5) is 0. The molecule has 0 aliphatic heterocycles. The molecule has 2 N–H and O–H groups in total. The largest absolute Gasteiger partial charge is 0.495 e. The summed E-state index contributed by atoms with van der Waals surface area (Å²) in [6.45, 7) is 1.95. The molecule has 84 valence electrons. The number of nitrogens with two attached hydrogens (primary N) is 1. The maximum Gasteiger partial charge on any atom is 0.229 e. The van der Waals surface area contributed by atoms with Crippen molar-refractivity contribution in [3.63, 3.8) is 0 Å². The molecule has 4 nitrogen and oxygen atoms in total. The van der Waals surface area contributed by atoms with Crippen molar-refractivity contribution in [2.24, 2.45) is 0 Å². The number of anilines is 1. The molecule has 0 radical (unpaired) electrons. The molecule has 0 aliphatic rings. The van der Waals surface area contributed by atoms with Crippen LogP contribution in [0.15, 0.2) is 22.9 Å². The van der Waals surface area contributed by atoms with E-state index in [2.05, 4.69) is 5.16 Å². The Morgan fingerprint density at radius 3 is 2.69 bits per heavy atom. The Balaban J connectivity index is 2.59. The first-order valence-corrected chi connectivity index (χ1v) is 5.06. The summed E-state index contributed by atoms with van der Waals surface area (Å²) >= 11 is 6.05. The normalized spacial score (nSPS) is 10.4. The van der Waals surface area contributed by atoms with Crippen LogP contribution in [0.1, 0.15) is 5.56 Å². The van der Waals surface area contributed by atoms with E-state index in [9.17, 15) is 0 Å². The molecular weight excluding hydrogens is 228 g/mol. The maximum atomic E-state index is 6.05. The Bertz CT molecular complexity index is 523. The van der Waals surface area contributed by atoms with E-state index in [4.69, 9.17) is 26.6 Å². The fourth-order valence-electron chi connectivity index (χ4n) is 1.55. The average Bonchev–Trinajstić information content (AvgIpc) is 2.67. The van der Waals surface area contributed by atoms with Gasteiger partial charge in [-0.15, -0.1) is 0 Å². The Kier molecular flexibility index (Phi) is 2.75. The summed E-state index contributed by atoms with van der Waals surface area (Å²) in [6, 6.07) is 3.64. The highest BCUT2D eigenvalue weighted by molar-refractivity contribution is 6.32. The summed E-state index contributed by atoms with van der Waals surface area (Å²) in [5.74, 6) is 0.919. The molecular formula is C11H11ClN2O2. The SMILES string of the molecule is COc1cc(C)c(-c2cnoc2N)cc1Cl. The summed E-state index contributed by atoms with van der Waals surface area (Å²) in [7, 11) is 1.58. The van der Waals surface area contributed by atoms with Gasteiger partial charge in [0.15, 0.2) is 0 Å². The van der Waals surface area contributed by atoms with Crippen LogP contribution >= 0.6 is 11.6 Å². The Hall–Kier alpha value is -1.68. The zero-order chi connectivity index (χ0) is 11.7. The lowest BCUT2D eigenvalue weighted by Crippen LogP contribution is -1.91. The number of ether oxygens (including phenoxy) is 1. The predicted octanol–water partition coefficient (Wildman–Crippen LogP) is 2.89. The van der Waals surface area contributed by atoms with Crippen molar-refractivity contribution < 1.29 is 9.26 Å². The van der Waals surface area contributed by atoms with Gasteiger partial charge in [-0.25, -0.2) is 0 Å². The van der Waals surface area contributed by atoms with Gasteiger partial charge < -0.3 is 15.0 Å². The van der Waals surface area contributed by atoms with Crippen molar-refractivity contribution in [1.82, 2.24) is 5.16 Å². The summed E-state index contributed by atoms with van der Waals surface area (Å²) in [6.07, 6.45) is 1.57. The van der Waals surface area contributed by atoms with Crippen molar-refractivity contribution >= 4 is 17.5 Å². The molecule has 0 fully saturated rings. The molecule has 0 bridgehead atoms. The third-order valence-corrected chi connectivity index (χ3v) is 2.68. The molecule has 1 heterocycles. The zero-order valence-electron chi connectivity index (χ0n) is 8.95. The molecule has 0 atom stereocenters. The lowest BCUT2D eigenvalue weighted by molar-refractivity contribution is 0.415. The van der Waals surface area contributed by atoms with E-state index in [-0.39, 0.29) is 5.88 Å². The number of aromatic nitrogens is 1. The minimum absolute atomic E-state index is 0.282. The standard InChI is InChI=1S/C11H11ClN2O2/c1-6-3-10(15-2)9(12)4-7(6)8-5-14-16-11(8)13/h3-5H,13H2,1-2H3. The number of hydrogen-bond acceptors (Lipinski definition) is 4. The van der Waals surface area contributed by atoms with Gasteiger partial charge in [0, 0.05) is 0 Å². The molecule has 1 aromatic carbocycles. The number of halogens is 1. The van der Waals surface area contributed by atoms with Gasteiger partial charge >= 0.3 is 0 Å². The highest BCUT2D eigenvalue weighted by atomic mass is 35.5. The molecule has 0 saturated carbocycles. The molecule has 0 aliphatic carbocycles. The van der Waals surface area contributed by atoms with Gasteiger partial charge in [0.25, 0.3) is 0 Å². The smallest absolute Gasteiger partial charge is 0.229 e. The molecule has 0 amide bonds. The zero-order valence-corrected chi connectivity index (χ0v) is 9.71. The first-order valence-electron chi connectivity index (χ1n) is 4.68. The quantitative estimate of drug-likeness (QED) is 0.874. The number of nitrogen functional groups attached to an aromatic ring is 1.